The summed E-state index contributed by atoms with van der Waals surface area (Å²) in [6.45, 7) is 2.35. The first-order chi connectivity index (χ1) is 7.18. The number of primary amides is 1. The Morgan fingerprint density at radius 3 is 2.67 bits per heavy atom. The van der Waals surface area contributed by atoms with E-state index in [0.717, 1.165) is 5.56 Å². The molecule has 78 valence electrons. The van der Waals surface area contributed by atoms with Gasteiger partial charge in [0.1, 0.15) is 5.84 Å². The fraction of sp³-hybridized carbons (Fsp3) is 0.273. The lowest BCUT2D eigenvalue weighted by Crippen LogP contribution is -2.37. The molecular weight excluding hydrogens is 190 g/mol. The molecule has 2 rings (SSSR count). The molecule has 0 saturated heterocycles. The van der Waals surface area contributed by atoms with Crippen LogP contribution >= 0.6 is 0 Å². The van der Waals surface area contributed by atoms with Gasteiger partial charge in [0.05, 0.1) is 12.6 Å². The van der Waals surface area contributed by atoms with E-state index in [-0.39, 0.29) is 6.04 Å². The van der Waals surface area contributed by atoms with E-state index in [2.05, 4.69) is 4.99 Å². The SMILES string of the molecule is CC1=NC(c2ccccc2)CN1C(N)=O. The van der Waals surface area contributed by atoms with Gasteiger partial charge in [-0.15, -0.1) is 0 Å². The third-order valence-electron chi connectivity index (χ3n) is 2.54. The van der Waals surface area contributed by atoms with Crippen LogP contribution in [0.3, 0.4) is 0 Å². The number of rotatable bonds is 1. The van der Waals surface area contributed by atoms with E-state index in [1.807, 2.05) is 30.3 Å². The van der Waals surface area contributed by atoms with E-state index in [1.54, 1.807) is 6.92 Å². The summed E-state index contributed by atoms with van der Waals surface area (Å²) < 4.78 is 0. The van der Waals surface area contributed by atoms with Crippen molar-refractivity contribution in [3.05, 3.63) is 35.9 Å². The molecule has 1 aromatic rings. The van der Waals surface area contributed by atoms with Crippen LogP contribution in [-0.4, -0.2) is 23.3 Å². The summed E-state index contributed by atoms with van der Waals surface area (Å²) in [5, 5.41) is 0. The van der Waals surface area contributed by atoms with Gasteiger partial charge in [0, 0.05) is 0 Å². The number of amides is 2. The Kier molecular flexibility index (Phi) is 2.41. The molecule has 1 heterocycles. The maximum Gasteiger partial charge on any atom is 0.320 e. The van der Waals surface area contributed by atoms with Crippen LogP contribution in [0.5, 0.6) is 0 Å². The van der Waals surface area contributed by atoms with Gasteiger partial charge in [0.25, 0.3) is 0 Å². The summed E-state index contributed by atoms with van der Waals surface area (Å²) in [5.41, 5.74) is 6.35. The molecule has 15 heavy (non-hydrogen) atoms. The highest BCUT2D eigenvalue weighted by atomic mass is 16.2. The summed E-state index contributed by atoms with van der Waals surface area (Å²) >= 11 is 0. The second kappa shape index (κ2) is 3.73. The molecule has 0 fully saturated rings. The topological polar surface area (TPSA) is 58.7 Å². The number of benzene rings is 1. The lowest BCUT2D eigenvalue weighted by atomic mass is 10.1. The van der Waals surface area contributed by atoms with Crippen molar-refractivity contribution >= 4 is 11.9 Å². The van der Waals surface area contributed by atoms with Gasteiger partial charge in [-0.25, -0.2) is 4.79 Å². The van der Waals surface area contributed by atoms with Gasteiger partial charge in [-0.2, -0.15) is 0 Å². The molecule has 1 aromatic carbocycles. The van der Waals surface area contributed by atoms with Crippen molar-refractivity contribution in [3.63, 3.8) is 0 Å². The summed E-state index contributed by atoms with van der Waals surface area (Å²) in [4.78, 5) is 17.0. The van der Waals surface area contributed by atoms with E-state index in [4.69, 9.17) is 5.73 Å². The summed E-state index contributed by atoms with van der Waals surface area (Å²) in [5.74, 6) is 0.691. The molecule has 0 spiro atoms. The summed E-state index contributed by atoms with van der Waals surface area (Å²) in [6, 6.07) is 9.49. The third-order valence-corrected chi connectivity index (χ3v) is 2.54. The van der Waals surface area contributed by atoms with Gasteiger partial charge in [-0.3, -0.25) is 9.89 Å². The minimum Gasteiger partial charge on any atom is -0.351 e. The first-order valence-electron chi connectivity index (χ1n) is 4.85. The smallest absolute Gasteiger partial charge is 0.320 e. The Morgan fingerprint density at radius 2 is 2.13 bits per heavy atom. The Bertz CT molecular complexity index is 400. The molecule has 2 amide bonds. The van der Waals surface area contributed by atoms with Gasteiger partial charge < -0.3 is 5.73 Å². The first kappa shape index (κ1) is 9.71. The van der Waals surface area contributed by atoms with Crippen molar-refractivity contribution in [2.24, 2.45) is 10.7 Å². The Labute approximate surface area is 88.4 Å². The quantitative estimate of drug-likeness (QED) is 0.739. The van der Waals surface area contributed by atoms with E-state index < -0.39 is 6.03 Å². The molecule has 0 radical (unpaired) electrons. The number of hydrogen-bond acceptors (Lipinski definition) is 2. The average molecular weight is 203 g/mol. The van der Waals surface area contributed by atoms with Crippen molar-refractivity contribution in [1.82, 2.24) is 4.90 Å². The molecule has 0 bridgehead atoms. The lowest BCUT2D eigenvalue weighted by Gasteiger charge is -2.13. The van der Waals surface area contributed by atoms with Gasteiger partial charge in [-0.05, 0) is 12.5 Å². The number of aliphatic imine (C=N–C) groups is 1. The highest BCUT2D eigenvalue weighted by Crippen LogP contribution is 2.24. The number of amidine groups is 1. The summed E-state index contributed by atoms with van der Waals surface area (Å²) in [6.07, 6.45) is 0. The van der Waals surface area contributed by atoms with Crippen molar-refractivity contribution in [2.75, 3.05) is 6.54 Å². The molecule has 1 atom stereocenters. The van der Waals surface area contributed by atoms with Crippen LogP contribution < -0.4 is 5.73 Å². The number of nitrogens with zero attached hydrogens (tertiary/aromatic N) is 2. The van der Waals surface area contributed by atoms with Gasteiger partial charge >= 0.3 is 6.03 Å². The van der Waals surface area contributed by atoms with Crippen LogP contribution in [0.4, 0.5) is 4.79 Å². The molecule has 1 aliphatic rings. The number of carbonyl (C=O) groups is 1. The lowest BCUT2D eigenvalue weighted by molar-refractivity contribution is 0.231. The number of urea groups is 1. The zero-order valence-corrected chi connectivity index (χ0v) is 8.55. The molecule has 2 N–H and O–H groups in total. The molecule has 0 aromatic heterocycles. The Balaban J connectivity index is 2.20. The second-order valence-corrected chi connectivity index (χ2v) is 3.55. The fourth-order valence-corrected chi connectivity index (χ4v) is 1.75. The van der Waals surface area contributed by atoms with E-state index in [1.165, 1.54) is 4.90 Å². The molecule has 0 saturated carbocycles. The van der Waals surface area contributed by atoms with Crippen molar-refractivity contribution in [3.8, 4) is 0 Å². The number of carbonyl (C=O) groups excluding carboxylic acids is 1. The largest absolute Gasteiger partial charge is 0.351 e. The zero-order valence-electron chi connectivity index (χ0n) is 8.55. The highest BCUT2D eigenvalue weighted by molar-refractivity contribution is 5.97. The van der Waals surface area contributed by atoms with Gasteiger partial charge in [-0.1, -0.05) is 30.3 Å². The molecule has 4 heteroatoms. The zero-order chi connectivity index (χ0) is 10.8. The van der Waals surface area contributed by atoms with E-state index >= 15 is 0 Å². The van der Waals surface area contributed by atoms with E-state index in [0.29, 0.717) is 12.4 Å². The van der Waals surface area contributed by atoms with Gasteiger partial charge in [0.2, 0.25) is 0 Å². The average Bonchev–Trinajstić information content (AvgIpc) is 2.62. The fourth-order valence-electron chi connectivity index (χ4n) is 1.75. The van der Waals surface area contributed by atoms with E-state index in [9.17, 15) is 4.79 Å². The molecular formula is C11H13N3O. The van der Waals surface area contributed by atoms with Crippen molar-refractivity contribution in [2.45, 2.75) is 13.0 Å². The predicted octanol–water partition coefficient (Wildman–Crippen LogP) is 1.54. The summed E-state index contributed by atoms with van der Waals surface area (Å²) in [7, 11) is 0. The maximum absolute atomic E-state index is 11.1. The van der Waals surface area contributed by atoms with Crippen LogP contribution in [0.15, 0.2) is 35.3 Å². The number of hydrogen-bond donors (Lipinski definition) is 1. The van der Waals surface area contributed by atoms with Crippen LogP contribution in [0.1, 0.15) is 18.5 Å². The van der Waals surface area contributed by atoms with Crippen LogP contribution in [0.2, 0.25) is 0 Å². The van der Waals surface area contributed by atoms with Crippen LogP contribution in [0.25, 0.3) is 0 Å². The predicted molar refractivity (Wildman–Crippen MR) is 58.6 cm³/mol. The minimum absolute atomic E-state index is 0.0266. The Hall–Kier alpha value is -1.84. The first-order valence-corrected chi connectivity index (χ1v) is 4.85. The standard InChI is InChI=1S/C11H13N3O/c1-8-13-10(7-14(8)11(12)15)9-5-3-2-4-6-9/h2-6,10H,7H2,1H3,(H2,12,15). The van der Waals surface area contributed by atoms with Crippen molar-refractivity contribution in [1.29, 1.82) is 0 Å². The maximum atomic E-state index is 11.1. The normalized spacial score (nSPS) is 20.2. The van der Waals surface area contributed by atoms with Crippen LogP contribution in [0, 0.1) is 0 Å². The molecule has 1 unspecified atom stereocenters. The molecule has 4 nitrogen and oxygen atoms in total. The highest BCUT2D eigenvalue weighted by Gasteiger charge is 2.26. The molecule has 0 aliphatic carbocycles. The minimum atomic E-state index is -0.435. The van der Waals surface area contributed by atoms with Gasteiger partial charge in [0.15, 0.2) is 0 Å². The number of nitrogens with two attached hydrogens (primary N) is 1. The monoisotopic (exact) mass is 203 g/mol. The third kappa shape index (κ3) is 1.83. The van der Waals surface area contributed by atoms with Crippen LogP contribution in [-0.2, 0) is 0 Å². The molecule has 1 aliphatic heterocycles. The second-order valence-electron chi connectivity index (χ2n) is 3.55. The van der Waals surface area contributed by atoms with Crippen molar-refractivity contribution < 1.29 is 4.79 Å². The Morgan fingerprint density at radius 1 is 1.47 bits per heavy atom.